The fourth-order valence-corrected chi connectivity index (χ4v) is 1.22. The summed E-state index contributed by atoms with van der Waals surface area (Å²) in [5, 5.41) is 0. The minimum absolute atomic E-state index is 0.129. The Balaban J connectivity index is 3.23. The first kappa shape index (κ1) is 12.0. The number of ether oxygens (including phenoxy) is 1. The predicted octanol–water partition coefficient (Wildman–Crippen LogP) is -0.757. The van der Waals surface area contributed by atoms with Crippen LogP contribution in [0.5, 0.6) is 0 Å². The van der Waals surface area contributed by atoms with Crippen molar-refractivity contribution in [2.45, 2.75) is 19.9 Å². The van der Waals surface area contributed by atoms with Crippen LogP contribution in [0, 0.1) is 0 Å². The first-order valence-corrected chi connectivity index (χ1v) is 4.75. The number of anilines is 1. The smallest absolute Gasteiger partial charge is 0.329 e. The van der Waals surface area contributed by atoms with Crippen LogP contribution in [0.1, 0.15) is 19.9 Å². The highest BCUT2D eigenvalue weighted by atomic mass is 16.5. The van der Waals surface area contributed by atoms with Crippen LogP contribution in [0.15, 0.2) is 15.8 Å². The van der Waals surface area contributed by atoms with Crippen molar-refractivity contribution in [1.29, 1.82) is 0 Å². The fourth-order valence-electron chi connectivity index (χ4n) is 1.22. The Bertz CT molecular complexity index is 502. The van der Waals surface area contributed by atoms with Crippen molar-refractivity contribution < 1.29 is 9.53 Å². The van der Waals surface area contributed by atoms with Crippen molar-refractivity contribution in [3.8, 4) is 0 Å². The van der Waals surface area contributed by atoms with Crippen molar-refractivity contribution in [2.24, 2.45) is 0 Å². The molecular formula is C9H13N3O4. The van der Waals surface area contributed by atoms with Gasteiger partial charge in [0.2, 0.25) is 0 Å². The van der Waals surface area contributed by atoms with Gasteiger partial charge in [0.25, 0.3) is 5.56 Å². The third-order valence-electron chi connectivity index (χ3n) is 2.05. The molecule has 1 heterocycles. The lowest BCUT2D eigenvalue weighted by Crippen LogP contribution is -2.41. The first-order chi connectivity index (χ1) is 7.49. The van der Waals surface area contributed by atoms with Gasteiger partial charge in [0.1, 0.15) is 11.7 Å². The molecule has 3 N–H and O–H groups in total. The number of aromatic amines is 1. The molecule has 0 amide bonds. The molecule has 0 bridgehead atoms. The number of nitrogens with zero attached hydrogens (tertiary/aromatic N) is 1. The van der Waals surface area contributed by atoms with Crippen LogP contribution in [0.3, 0.4) is 0 Å². The Kier molecular flexibility index (Phi) is 3.49. The van der Waals surface area contributed by atoms with Gasteiger partial charge >= 0.3 is 11.7 Å². The van der Waals surface area contributed by atoms with Gasteiger partial charge in [0.05, 0.1) is 6.61 Å². The Morgan fingerprint density at radius 2 is 2.25 bits per heavy atom. The quantitative estimate of drug-likeness (QED) is 0.660. The largest absolute Gasteiger partial charge is 0.464 e. The van der Waals surface area contributed by atoms with Crippen LogP contribution in [-0.4, -0.2) is 22.1 Å². The second-order valence-corrected chi connectivity index (χ2v) is 3.15. The third-order valence-corrected chi connectivity index (χ3v) is 2.05. The second-order valence-electron chi connectivity index (χ2n) is 3.15. The lowest BCUT2D eigenvalue weighted by Gasteiger charge is -2.12. The monoisotopic (exact) mass is 227 g/mol. The van der Waals surface area contributed by atoms with E-state index in [1.54, 1.807) is 6.92 Å². The Hall–Kier alpha value is -2.05. The van der Waals surface area contributed by atoms with Gasteiger partial charge in [-0.25, -0.2) is 14.2 Å². The number of esters is 1. The third kappa shape index (κ3) is 2.13. The van der Waals surface area contributed by atoms with Gasteiger partial charge in [0.15, 0.2) is 0 Å². The summed E-state index contributed by atoms with van der Waals surface area (Å²) in [6, 6.07) is -1.00. The summed E-state index contributed by atoms with van der Waals surface area (Å²) in [6.45, 7) is 3.21. The molecule has 7 nitrogen and oxygen atoms in total. The number of hydrogen-bond donors (Lipinski definition) is 2. The summed E-state index contributed by atoms with van der Waals surface area (Å²) in [7, 11) is 0. The lowest BCUT2D eigenvalue weighted by molar-refractivity contribution is -0.146. The number of H-pyrrole nitrogens is 1. The molecule has 1 atom stereocenters. The average Bonchev–Trinajstić information content (AvgIpc) is 2.24. The maximum Gasteiger partial charge on any atom is 0.329 e. The predicted molar refractivity (Wildman–Crippen MR) is 57.1 cm³/mol. The first-order valence-electron chi connectivity index (χ1n) is 4.75. The van der Waals surface area contributed by atoms with Crippen LogP contribution in [-0.2, 0) is 9.53 Å². The molecule has 7 heteroatoms. The number of rotatable bonds is 3. The molecule has 1 aromatic heterocycles. The van der Waals surface area contributed by atoms with Crippen molar-refractivity contribution >= 4 is 11.7 Å². The van der Waals surface area contributed by atoms with E-state index >= 15 is 0 Å². The number of nitrogens with one attached hydrogen (secondary N) is 1. The lowest BCUT2D eigenvalue weighted by atomic mass is 10.3. The van der Waals surface area contributed by atoms with Gasteiger partial charge in [-0.2, -0.15) is 0 Å². The van der Waals surface area contributed by atoms with Gasteiger partial charge in [-0.3, -0.25) is 4.79 Å². The Labute approximate surface area is 90.8 Å². The van der Waals surface area contributed by atoms with E-state index in [9.17, 15) is 14.4 Å². The van der Waals surface area contributed by atoms with E-state index in [4.69, 9.17) is 10.5 Å². The molecule has 0 aromatic carbocycles. The number of aromatic nitrogens is 2. The number of nitrogen functional groups attached to an aromatic ring is 1. The molecule has 1 aromatic rings. The minimum atomic E-state index is -1.00. The average molecular weight is 227 g/mol. The molecule has 0 saturated heterocycles. The normalized spacial score (nSPS) is 12.1. The van der Waals surface area contributed by atoms with E-state index in [0.717, 1.165) is 10.8 Å². The topological polar surface area (TPSA) is 107 Å². The van der Waals surface area contributed by atoms with E-state index in [1.165, 1.54) is 6.92 Å². The highest BCUT2D eigenvalue weighted by Crippen LogP contribution is 2.02. The maximum atomic E-state index is 11.5. The van der Waals surface area contributed by atoms with Gasteiger partial charge < -0.3 is 15.5 Å². The Morgan fingerprint density at radius 3 is 2.81 bits per heavy atom. The van der Waals surface area contributed by atoms with Crippen LogP contribution >= 0.6 is 0 Å². The number of hydrogen-bond acceptors (Lipinski definition) is 5. The van der Waals surface area contributed by atoms with E-state index in [0.29, 0.717) is 0 Å². The molecule has 0 saturated carbocycles. The van der Waals surface area contributed by atoms with Crippen molar-refractivity contribution in [2.75, 3.05) is 12.3 Å². The minimum Gasteiger partial charge on any atom is -0.464 e. The molecule has 0 aliphatic rings. The molecule has 88 valence electrons. The van der Waals surface area contributed by atoms with Crippen molar-refractivity contribution in [1.82, 2.24) is 9.55 Å². The maximum absolute atomic E-state index is 11.5. The van der Waals surface area contributed by atoms with Gasteiger partial charge in [-0.15, -0.1) is 0 Å². The summed E-state index contributed by atoms with van der Waals surface area (Å²) in [6.07, 6.45) is 1.10. The van der Waals surface area contributed by atoms with E-state index in [1.807, 2.05) is 0 Å². The zero-order valence-corrected chi connectivity index (χ0v) is 9.02. The zero-order valence-electron chi connectivity index (χ0n) is 9.02. The molecule has 16 heavy (non-hydrogen) atoms. The molecule has 0 fully saturated rings. The van der Waals surface area contributed by atoms with Gasteiger partial charge in [-0.05, 0) is 13.8 Å². The SMILES string of the molecule is CCOC(=O)C(C)n1c(=O)[nH]cc(N)c1=O. The second kappa shape index (κ2) is 4.65. The summed E-state index contributed by atoms with van der Waals surface area (Å²) in [5.74, 6) is -0.652. The Morgan fingerprint density at radius 1 is 1.62 bits per heavy atom. The van der Waals surface area contributed by atoms with Gasteiger partial charge in [-0.1, -0.05) is 0 Å². The molecule has 0 spiro atoms. The van der Waals surface area contributed by atoms with Crippen molar-refractivity contribution in [3.05, 3.63) is 27.0 Å². The standard InChI is InChI=1S/C9H13N3O4/c1-3-16-8(14)5(2)12-7(13)6(10)4-11-9(12)15/h4-5H,3,10H2,1-2H3,(H,11,15). The summed E-state index contributed by atoms with van der Waals surface area (Å²) < 4.78 is 5.45. The molecule has 0 radical (unpaired) electrons. The van der Waals surface area contributed by atoms with Crippen LogP contribution in [0.2, 0.25) is 0 Å². The molecular weight excluding hydrogens is 214 g/mol. The highest BCUT2D eigenvalue weighted by molar-refractivity contribution is 5.73. The molecule has 0 aliphatic heterocycles. The zero-order chi connectivity index (χ0) is 12.3. The summed E-state index contributed by atoms with van der Waals surface area (Å²) in [5.41, 5.74) is 3.82. The van der Waals surface area contributed by atoms with E-state index in [-0.39, 0.29) is 12.3 Å². The van der Waals surface area contributed by atoms with Crippen LogP contribution < -0.4 is 17.0 Å². The van der Waals surface area contributed by atoms with Crippen LogP contribution in [0.25, 0.3) is 0 Å². The van der Waals surface area contributed by atoms with Crippen molar-refractivity contribution in [3.63, 3.8) is 0 Å². The number of carbonyl (C=O) groups excluding carboxylic acids is 1. The molecule has 1 unspecified atom stereocenters. The van der Waals surface area contributed by atoms with Crippen LogP contribution in [0.4, 0.5) is 5.69 Å². The van der Waals surface area contributed by atoms with E-state index in [2.05, 4.69) is 4.98 Å². The number of nitrogens with two attached hydrogens (primary N) is 1. The summed E-state index contributed by atoms with van der Waals surface area (Å²) >= 11 is 0. The number of carbonyl (C=O) groups is 1. The highest BCUT2D eigenvalue weighted by Gasteiger charge is 2.20. The fraction of sp³-hybridized carbons (Fsp3) is 0.444. The van der Waals surface area contributed by atoms with Gasteiger partial charge in [0, 0.05) is 6.20 Å². The summed E-state index contributed by atoms with van der Waals surface area (Å²) in [4.78, 5) is 36.6. The molecule has 0 aliphatic carbocycles. The molecule has 1 rings (SSSR count). The van der Waals surface area contributed by atoms with E-state index < -0.39 is 23.3 Å².